The molecule has 104 valence electrons. The van der Waals surface area contributed by atoms with Crippen LogP contribution >= 0.6 is 27.5 Å². The van der Waals surface area contributed by atoms with Gasteiger partial charge in [0, 0.05) is 13.0 Å². The lowest BCUT2D eigenvalue weighted by Gasteiger charge is -2.14. The largest absolute Gasteiger partial charge is 0.448 e. The molecule has 0 aromatic carbocycles. The van der Waals surface area contributed by atoms with Crippen molar-refractivity contribution >= 4 is 27.5 Å². The molecular weight excluding hydrogens is 330 g/mol. The third-order valence-electron chi connectivity index (χ3n) is 3.14. The van der Waals surface area contributed by atoms with Gasteiger partial charge >= 0.3 is 0 Å². The van der Waals surface area contributed by atoms with Gasteiger partial charge in [-0.1, -0.05) is 0 Å². The molecule has 0 spiro atoms. The monoisotopic (exact) mass is 345 g/mol. The summed E-state index contributed by atoms with van der Waals surface area (Å²) in [5, 5.41) is 8.17. The first-order valence-electron chi connectivity index (χ1n) is 6.21. The highest BCUT2D eigenvalue weighted by molar-refractivity contribution is 9.10. The van der Waals surface area contributed by atoms with E-state index in [0.717, 1.165) is 34.6 Å². The number of aromatic nitrogens is 2. The smallest absolute Gasteiger partial charge is 0.193 e. The molecule has 19 heavy (non-hydrogen) atoms. The van der Waals surface area contributed by atoms with Crippen LogP contribution in [0.25, 0.3) is 0 Å². The molecule has 0 saturated heterocycles. The maximum absolute atomic E-state index is 5.84. The third-order valence-corrected chi connectivity index (χ3v) is 4.37. The summed E-state index contributed by atoms with van der Waals surface area (Å²) >= 11 is 9.45. The Morgan fingerprint density at radius 2 is 2.26 bits per heavy atom. The van der Waals surface area contributed by atoms with Crippen molar-refractivity contribution in [3.05, 3.63) is 39.0 Å². The molecule has 2 rings (SSSR count). The van der Waals surface area contributed by atoms with E-state index in [4.69, 9.17) is 16.0 Å². The average Bonchev–Trinajstić information content (AvgIpc) is 2.93. The molecule has 0 fully saturated rings. The predicted molar refractivity (Wildman–Crippen MR) is 79.6 cm³/mol. The number of hydrogen-bond donors (Lipinski definition) is 1. The zero-order chi connectivity index (χ0) is 14.0. The highest BCUT2D eigenvalue weighted by Gasteiger charge is 2.20. The Morgan fingerprint density at radius 3 is 2.79 bits per heavy atom. The van der Waals surface area contributed by atoms with Crippen molar-refractivity contribution in [1.29, 1.82) is 0 Å². The van der Waals surface area contributed by atoms with Gasteiger partial charge in [-0.15, -0.1) is 0 Å². The first-order chi connectivity index (χ1) is 9.06. The molecule has 6 heteroatoms. The Kier molecular flexibility index (Phi) is 4.71. The van der Waals surface area contributed by atoms with Crippen molar-refractivity contribution in [2.75, 3.05) is 7.05 Å². The van der Waals surface area contributed by atoms with Gasteiger partial charge in [-0.2, -0.15) is 5.10 Å². The third kappa shape index (κ3) is 3.04. The first-order valence-corrected chi connectivity index (χ1v) is 7.38. The molecule has 2 heterocycles. The zero-order valence-electron chi connectivity index (χ0n) is 11.2. The zero-order valence-corrected chi connectivity index (χ0v) is 13.5. The normalized spacial score (nSPS) is 12.9. The van der Waals surface area contributed by atoms with E-state index in [1.54, 1.807) is 6.07 Å². The quantitative estimate of drug-likeness (QED) is 0.897. The van der Waals surface area contributed by atoms with Crippen LogP contribution in [0.15, 0.2) is 21.0 Å². The second-order valence-corrected chi connectivity index (χ2v) is 5.51. The van der Waals surface area contributed by atoms with Crippen molar-refractivity contribution in [3.63, 3.8) is 0 Å². The molecule has 0 amide bonds. The van der Waals surface area contributed by atoms with Crippen molar-refractivity contribution in [1.82, 2.24) is 15.1 Å². The maximum Gasteiger partial charge on any atom is 0.193 e. The summed E-state index contributed by atoms with van der Waals surface area (Å²) < 4.78 is 8.56. The van der Waals surface area contributed by atoms with Gasteiger partial charge in [-0.25, -0.2) is 0 Å². The van der Waals surface area contributed by atoms with Gasteiger partial charge < -0.3 is 9.73 Å². The summed E-state index contributed by atoms with van der Waals surface area (Å²) in [6.07, 6.45) is 0.787. The molecule has 0 aliphatic carbocycles. The number of nitrogens with zero attached hydrogens (tertiary/aromatic N) is 2. The van der Waals surface area contributed by atoms with Crippen molar-refractivity contribution in [2.45, 2.75) is 32.9 Å². The van der Waals surface area contributed by atoms with Gasteiger partial charge in [0.05, 0.1) is 21.9 Å². The summed E-state index contributed by atoms with van der Waals surface area (Å²) in [7, 11) is 1.91. The van der Waals surface area contributed by atoms with Crippen LogP contribution in [-0.4, -0.2) is 16.8 Å². The summed E-state index contributed by atoms with van der Waals surface area (Å²) in [5.41, 5.74) is 2.16. The summed E-state index contributed by atoms with van der Waals surface area (Å²) in [6.45, 7) is 4.93. The van der Waals surface area contributed by atoms with Crippen LogP contribution in [0.3, 0.4) is 0 Å². The standard InChI is InChI=1S/C13H17BrClN3O/c1-4-18-10(13(14)8(2)17-18)7-9(16-3)11-5-6-12(15)19-11/h5-6,9,16H,4,7H2,1-3H3. The molecule has 4 nitrogen and oxygen atoms in total. The lowest BCUT2D eigenvalue weighted by atomic mass is 10.1. The van der Waals surface area contributed by atoms with E-state index in [1.165, 1.54) is 0 Å². The Bertz CT molecular complexity index is 564. The summed E-state index contributed by atoms with van der Waals surface area (Å²) in [4.78, 5) is 0. The minimum absolute atomic E-state index is 0.0743. The van der Waals surface area contributed by atoms with E-state index < -0.39 is 0 Å². The Morgan fingerprint density at radius 1 is 1.53 bits per heavy atom. The fourth-order valence-corrected chi connectivity index (χ4v) is 2.72. The number of rotatable bonds is 5. The minimum atomic E-state index is 0.0743. The van der Waals surface area contributed by atoms with Crippen LogP contribution in [0.1, 0.15) is 30.1 Å². The first kappa shape index (κ1) is 14.6. The number of nitrogens with one attached hydrogen (secondary N) is 1. The summed E-state index contributed by atoms with van der Waals surface area (Å²) in [5.74, 6) is 0.834. The molecule has 1 atom stereocenters. The van der Waals surface area contributed by atoms with Gasteiger partial charge in [0.25, 0.3) is 0 Å². The van der Waals surface area contributed by atoms with Crippen LogP contribution in [0.2, 0.25) is 5.22 Å². The van der Waals surface area contributed by atoms with Crippen molar-refractivity contribution in [2.24, 2.45) is 0 Å². The maximum atomic E-state index is 5.84. The summed E-state index contributed by atoms with van der Waals surface area (Å²) in [6, 6.07) is 3.74. The van der Waals surface area contributed by atoms with Crippen molar-refractivity contribution in [3.8, 4) is 0 Å². The minimum Gasteiger partial charge on any atom is -0.448 e. The van der Waals surface area contributed by atoms with E-state index in [2.05, 4.69) is 33.3 Å². The number of aryl methyl sites for hydroxylation is 2. The molecule has 0 aliphatic heterocycles. The number of hydrogen-bond acceptors (Lipinski definition) is 3. The lowest BCUT2D eigenvalue weighted by molar-refractivity contribution is 0.422. The predicted octanol–water partition coefficient (Wildman–Crippen LogP) is 3.72. The number of halogens is 2. The van der Waals surface area contributed by atoms with Gasteiger partial charge in [-0.05, 0) is 60.6 Å². The van der Waals surface area contributed by atoms with Crippen LogP contribution < -0.4 is 5.32 Å². The Balaban J connectivity index is 2.28. The van der Waals surface area contributed by atoms with E-state index in [0.29, 0.717) is 5.22 Å². The van der Waals surface area contributed by atoms with E-state index in [-0.39, 0.29) is 6.04 Å². The second kappa shape index (κ2) is 6.11. The van der Waals surface area contributed by atoms with E-state index in [1.807, 2.05) is 24.7 Å². The lowest BCUT2D eigenvalue weighted by Crippen LogP contribution is -2.20. The molecule has 0 bridgehead atoms. The SMILES string of the molecule is CCn1nc(C)c(Br)c1CC(NC)c1ccc(Cl)o1. The highest BCUT2D eigenvalue weighted by Crippen LogP contribution is 2.28. The van der Waals surface area contributed by atoms with Crippen LogP contribution in [0.5, 0.6) is 0 Å². The molecule has 0 aliphatic rings. The molecule has 0 radical (unpaired) electrons. The van der Waals surface area contributed by atoms with Gasteiger partial charge in [0.15, 0.2) is 5.22 Å². The molecular formula is C13H17BrClN3O. The topological polar surface area (TPSA) is 43.0 Å². The van der Waals surface area contributed by atoms with Crippen molar-refractivity contribution < 1.29 is 4.42 Å². The fourth-order valence-electron chi connectivity index (χ4n) is 2.12. The Hall–Kier alpha value is -0.780. The van der Waals surface area contributed by atoms with Crippen LogP contribution in [0, 0.1) is 6.92 Å². The average molecular weight is 347 g/mol. The molecule has 1 N–H and O–H groups in total. The van der Waals surface area contributed by atoms with Crippen LogP contribution in [0.4, 0.5) is 0 Å². The van der Waals surface area contributed by atoms with E-state index >= 15 is 0 Å². The molecule has 1 unspecified atom stereocenters. The Labute approximate surface area is 126 Å². The van der Waals surface area contributed by atoms with Gasteiger partial charge in [-0.3, -0.25) is 4.68 Å². The molecule has 2 aromatic rings. The number of likely N-dealkylation sites (N-methyl/N-ethyl adjacent to an activating group) is 1. The highest BCUT2D eigenvalue weighted by atomic mass is 79.9. The second-order valence-electron chi connectivity index (χ2n) is 4.35. The fraction of sp³-hybridized carbons (Fsp3) is 0.462. The van der Waals surface area contributed by atoms with Crippen LogP contribution in [-0.2, 0) is 13.0 Å². The van der Waals surface area contributed by atoms with Gasteiger partial charge in [0.1, 0.15) is 5.76 Å². The number of furan rings is 1. The molecule has 2 aromatic heterocycles. The van der Waals surface area contributed by atoms with Gasteiger partial charge in [0.2, 0.25) is 0 Å². The molecule has 0 saturated carbocycles. The van der Waals surface area contributed by atoms with E-state index in [9.17, 15) is 0 Å².